The first-order chi connectivity index (χ1) is 8.63. The Hall–Kier alpha value is -2.30. The molecule has 0 aliphatic rings. The van der Waals surface area contributed by atoms with Crippen LogP contribution in [0.15, 0.2) is 30.5 Å². The van der Waals surface area contributed by atoms with E-state index in [0.29, 0.717) is 11.6 Å². The molecule has 5 nitrogen and oxygen atoms in total. The third-order valence-electron chi connectivity index (χ3n) is 2.34. The Kier molecular flexibility index (Phi) is 3.62. The van der Waals surface area contributed by atoms with Crippen LogP contribution < -0.4 is 10.1 Å². The van der Waals surface area contributed by atoms with Crippen LogP contribution in [-0.2, 0) is 4.79 Å². The summed E-state index contributed by atoms with van der Waals surface area (Å²) in [5.41, 5.74) is 2.22. The number of rotatable bonds is 4. The molecule has 1 heterocycles. The number of aromatic amines is 1. The molecule has 0 aliphatic carbocycles. The average molecular weight is 245 g/mol. The van der Waals surface area contributed by atoms with Gasteiger partial charge in [-0.2, -0.15) is 5.10 Å². The molecule has 2 aromatic rings. The predicted octanol–water partition coefficient (Wildman–Crippen LogP) is 2.04. The summed E-state index contributed by atoms with van der Waals surface area (Å²) in [6, 6.07) is 7.53. The summed E-state index contributed by atoms with van der Waals surface area (Å²) in [6.45, 7) is 3.96. The zero-order valence-electron chi connectivity index (χ0n) is 10.4. The molecule has 0 saturated carbocycles. The number of H-pyrrole nitrogens is 1. The number of hydrogen-bond acceptors (Lipinski definition) is 3. The van der Waals surface area contributed by atoms with Gasteiger partial charge in [0.05, 0.1) is 6.20 Å². The van der Waals surface area contributed by atoms with Crippen LogP contribution in [0.25, 0.3) is 0 Å². The van der Waals surface area contributed by atoms with Crippen molar-refractivity contribution in [1.82, 2.24) is 10.2 Å². The predicted molar refractivity (Wildman–Crippen MR) is 68.6 cm³/mol. The number of nitrogens with one attached hydrogen (secondary N) is 2. The molecule has 0 aliphatic heterocycles. The minimum Gasteiger partial charge on any atom is -0.484 e. The molecule has 0 saturated heterocycles. The molecular weight excluding hydrogens is 230 g/mol. The SMILES string of the molecule is Cc1cc(C)cc(OCC(=O)Nc2ccn[nH]2)c1. The first-order valence-corrected chi connectivity index (χ1v) is 5.64. The fourth-order valence-corrected chi connectivity index (χ4v) is 1.68. The quantitative estimate of drug-likeness (QED) is 0.866. The van der Waals surface area contributed by atoms with Crippen molar-refractivity contribution in [3.05, 3.63) is 41.6 Å². The van der Waals surface area contributed by atoms with Crippen LogP contribution in [0.2, 0.25) is 0 Å². The van der Waals surface area contributed by atoms with Gasteiger partial charge < -0.3 is 10.1 Å². The number of nitrogens with zero attached hydrogens (tertiary/aromatic N) is 1. The van der Waals surface area contributed by atoms with Crippen LogP contribution in [0.5, 0.6) is 5.75 Å². The smallest absolute Gasteiger partial charge is 0.263 e. The van der Waals surface area contributed by atoms with E-state index >= 15 is 0 Å². The van der Waals surface area contributed by atoms with Crippen molar-refractivity contribution in [3.63, 3.8) is 0 Å². The molecule has 1 aromatic carbocycles. The van der Waals surface area contributed by atoms with Gasteiger partial charge in [0.2, 0.25) is 0 Å². The second-order valence-electron chi connectivity index (χ2n) is 4.13. The van der Waals surface area contributed by atoms with E-state index in [4.69, 9.17) is 4.74 Å². The molecule has 5 heteroatoms. The summed E-state index contributed by atoms with van der Waals surface area (Å²) in [5, 5.41) is 9.02. The average Bonchev–Trinajstić information content (AvgIpc) is 2.78. The van der Waals surface area contributed by atoms with E-state index in [9.17, 15) is 4.79 Å². The molecule has 1 amide bonds. The summed E-state index contributed by atoms with van der Waals surface area (Å²) in [5.74, 6) is 1.04. The normalized spacial score (nSPS) is 10.1. The maximum Gasteiger partial charge on any atom is 0.263 e. The van der Waals surface area contributed by atoms with Crippen molar-refractivity contribution in [3.8, 4) is 5.75 Å². The topological polar surface area (TPSA) is 67.0 Å². The molecule has 0 bridgehead atoms. The van der Waals surface area contributed by atoms with Gasteiger partial charge in [0.25, 0.3) is 5.91 Å². The molecule has 2 rings (SSSR count). The molecule has 0 atom stereocenters. The molecule has 0 fully saturated rings. The highest BCUT2D eigenvalue weighted by Crippen LogP contribution is 2.16. The molecule has 2 N–H and O–H groups in total. The third kappa shape index (κ3) is 3.35. The summed E-state index contributed by atoms with van der Waals surface area (Å²) in [7, 11) is 0. The van der Waals surface area contributed by atoms with Crippen LogP contribution in [0.4, 0.5) is 5.82 Å². The van der Waals surface area contributed by atoms with E-state index in [1.165, 1.54) is 0 Å². The standard InChI is InChI=1S/C13H15N3O2/c1-9-5-10(2)7-11(6-9)18-8-13(17)15-12-3-4-14-16-12/h3-7H,8H2,1-2H3,(H2,14,15,16,17). The van der Waals surface area contributed by atoms with Crippen LogP contribution in [0, 0.1) is 13.8 Å². The van der Waals surface area contributed by atoms with Crippen molar-refractivity contribution in [2.75, 3.05) is 11.9 Å². The molecule has 0 radical (unpaired) electrons. The minimum atomic E-state index is -0.224. The monoisotopic (exact) mass is 245 g/mol. The number of anilines is 1. The van der Waals surface area contributed by atoms with Crippen molar-refractivity contribution in [1.29, 1.82) is 0 Å². The van der Waals surface area contributed by atoms with Crippen molar-refractivity contribution < 1.29 is 9.53 Å². The van der Waals surface area contributed by atoms with Crippen molar-refractivity contribution >= 4 is 11.7 Å². The molecule has 0 unspecified atom stereocenters. The van der Waals surface area contributed by atoms with Crippen LogP contribution >= 0.6 is 0 Å². The lowest BCUT2D eigenvalue weighted by Gasteiger charge is -2.08. The number of aryl methyl sites for hydroxylation is 2. The lowest BCUT2D eigenvalue weighted by molar-refractivity contribution is -0.118. The summed E-state index contributed by atoms with van der Waals surface area (Å²) < 4.78 is 5.43. The van der Waals surface area contributed by atoms with E-state index in [1.54, 1.807) is 12.3 Å². The number of benzene rings is 1. The van der Waals surface area contributed by atoms with Gasteiger partial charge in [-0.15, -0.1) is 0 Å². The van der Waals surface area contributed by atoms with E-state index in [1.807, 2.05) is 26.0 Å². The zero-order valence-corrected chi connectivity index (χ0v) is 10.4. The van der Waals surface area contributed by atoms with Crippen LogP contribution in [0.1, 0.15) is 11.1 Å². The Bertz CT molecular complexity index is 515. The van der Waals surface area contributed by atoms with Gasteiger partial charge in [-0.05, 0) is 37.1 Å². The molecule has 0 spiro atoms. The molecule has 94 valence electrons. The largest absolute Gasteiger partial charge is 0.484 e. The third-order valence-corrected chi connectivity index (χ3v) is 2.34. The highest BCUT2D eigenvalue weighted by atomic mass is 16.5. The van der Waals surface area contributed by atoms with E-state index in [-0.39, 0.29) is 12.5 Å². The Morgan fingerprint density at radius 2 is 2.06 bits per heavy atom. The highest BCUT2D eigenvalue weighted by molar-refractivity contribution is 5.90. The highest BCUT2D eigenvalue weighted by Gasteiger charge is 2.04. The Labute approximate surface area is 105 Å². The van der Waals surface area contributed by atoms with E-state index < -0.39 is 0 Å². The fraction of sp³-hybridized carbons (Fsp3) is 0.231. The van der Waals surface area contributed by atoms with Crippen LogP contribution in [-0.4, -0.2) is 22.7 Å². The van der Waals surface area contributed by atoms with Gasteiger partial charge in [0, 0.05) is 6.07 Å². The van der Waals surface area contributed by atoms with Gasteiger partial charge in [0.15, 0.2) is 6.61 Å². The molecule has 18 heavy (non-hydrogen) atoms. The van der Waals surface area contributed by atoms with Crippen LogP contribution in [0.3, 0.4) is 0 Å². The first kappa shape index (κ1) is 12.2. The van der Waals surface area contributed by atoms with Gasteiger partial charge in [-0.25, -0.2) is 0 Å². The Morgan fingerprint density at radius 1 is 1.33 bits per heavy atom. The number of carbonyl (C=O) groups excluding carboxylic acids is 1. The maximum atomic E-state index is 11.6. The second-order valence-corrected chi connectivity index (χ2v) is 4.13. The van der Waals surface area contributed by atoms with Gasteiger partial charge in [0.1, 0.15) is 11.6 Å². The number of carbonyl (C=O) groups is 1. The van der Waals surface area contributed by atoms with Crippen molar-refractivity contribution in [2.45, 2.75) is 13.8 Å². The van der Waals surface area contributed by atoms with Gasteiger partial charge >= 0.3 is 0 Å². The first-order valence-electron chi connectivity index (χ1n) is 5.64. The van der Waals surface area contributed by atoms with Gasteiger partial charge in [-0.1, -0.05) is 6.07 Å². The fourth-order valence-electron chi connectivity index (χ4n) is 1.68. The summed E-state index contributed by atoms with van der Waals surface area (Å²) >= 11 is 0. The van der Waals surface area contributed by atoms with E-state index in [2.05, 4.69) is 21.6 Å². The number of hydrogen-bond donors (Lipinski definition) is 2. The maximum absolute atomic E-state index is 11.6. The zero-order chi connectivity index (χ0) is 13.0. The summed E-state index contributed by atoms with van der Waals surface area (Å²) in [6.07, 6.45) is 1.57. The molecular formula is C13H15N3O2. The number of amides is 1. The van der Waals surface area contributed by atoms with E-state index in [0.717, 1.165) is 11.1 Å². The lowest BCUT2D eigenvalue weighted by Crippen LogP contribution is -2.20. The number of aromatic nitrogens is 2. The summed E-state index contributed by atoms with van der Waals surface area (Å²) in [4.78, 5) is 11.6. The minimum absolute atomic E-state index is 0.0259. The van der Waals surface area contributed by atoms with Gasteiger partial charge in [-0.3, -0.25) is 9.89 Å². The lowest BCUT2D eigenvalue weighted by atomic mass is 10.1. The second kappa shape index (κ2) is 5.35. The Morgan fingerprint density at radius 3 is 2.67 bits per heavy atom. The number of ether oxygens (including phenoxy) is 1. The van der Waals surface area contributed by atoms with Crippen molar-refractivity contribution in [2.24, 2.45) is 0 Å². The Balaban J connectivity index is 1.89. The molecule has 1 aromatic heterocycles.